The number of halogens is 2. The summed E-state index contributed by atoms with van der Waals surface area (Å²) in [5.41, 5.74) is -1.44. The summed E-state index contributed by atoms with van der Waals surface area (Å²) in [5, 5.41) is 14.6. The molecule has 2 aliphatic rings. The minimum absolute atomic E-state index is 0.0211. The van der Waals surface area contributed by atoms with E-state index in [1.165, 1.54) is 0 Å². The molecule has 130 valence electrons. The molecular formula is C14H25F2NO4S. The molecule has 1 saturated carbocycles. The van der Waals surface area contributed by atoms with Gasteiger partial charge in [0.2, 0.25) is 0 Å². The number of hydrogen-bond donors (Lipinski definition) is 2. The molecule has 5 nitrogen and oxygen atoms in total. The predicted molar refractivity (Wildman–Crippen MR) is 78.6 cm³/mol. The third-order valence-electron chi connectivity index (χ3n) is 5.07. The van der Waals surface area contributed by atoms with E-state index in [2.05, 4.69) is 0 Å². The van der Waals surface area contributed by atoms with Crippen molar-refractivity contribution >= 4 is 11.4 Å². The first-order valence-corrected chi connectivity index (χ1v) is 8.72. The van der Waals surface area contributed by atoms with E-state index < -0.39 is 39.8 Å². The minimum atomic E-state index is -3.26. The first-order valence-electron chi connectivity index (χ1n) is 7.51. The SMILES string of the molecule is CC(C)(CC1(C(F)(F)CO)CCC2(CC1)OCCO2)[S+](N)[O-]. The fourth-order valence-electron chi connectivity index (χ4n) is 3.62. The van der Waals surface area contributed by atoms with Crippen molar-refractivity contribution < 1.29 is 27.9 Å². The van der Waals surface area contributed by atoms with E-state index in [9.17, 15) is 18.4 Å². The zero-order valence-corrected chi connectivity index (χ0v) is 13.9. The van der Waals surface area contributed by atoms with Crippen molar-refractivity contribution in [2.45, 2.75) is 62.4 Å². The molecule has 1 aliphatic carbocycles. The van der Waals surface area contributed by atoms with Gasteiger partial charge in [-0.05, 0) is 26.7 Å². The topological polar surface area (TPSA) is 87.8 Å². The van der Waals surface area contributed by atoms with E-state index in [0.717, 1.165) is 0 Å². The average molecular weight is 341 g/mol. The van der Waals surface area contributed by atoms with Gasteiger partial charge in [0.1, 0.15) is 11.4 Å². The van der Waals surface area contributed by atoms with Crippen LogP contribution in [0.25, 0.3) is 0 Å². The summed E-state index contributed by atoms with van der Waals surface area (Å²) in [6.45, 7) is 2.95. The highest BCUT2D eigenvalue weighted by Crippen LogP contribution is 2.56. The summed E-state index contributed by atoms with van der Waals surface area (Å²) in [6, 6.07) is 0. The van der Waals surface area contributed by atoms with E-state index in [1.54, 1.807) is 13.8 Å². The Morgan fingerprint density at radius 3 is 2.09 bits per heavy atom. The molecule has 1 unspecified atom stereocenters. The van der Waals surface area contributed by atoms with Gasteiger partial charge in [-0.1, -0.05) is 0 Å². The minimum Gasteiger partial charge on any atom is -0.598 e. The van der Waals surface area contributed by atoms with Crippen LogP contribution < -0.4 is 5.14 Å². The van der Waals surface area contributed by atoms with Gasteiger partial charge < -0.3 is 19.1 Å². The Hall–Kier alpha value is 0.01000. The van der Waals surface area contributed by atoms with Gasteiger partial charge in [-0.25, -0.2) is 8.78 Å². The van der Waals surface area contributed by atoms with Gasteiger partial charge >= 0.3 is 0 Å². The molecule has 1 aliphatic heterocycles. The Balaban J connectivity index is 2.22. The van der Waals surface area contributed by atoms with E-state index in [4.69, 9.17) is 14.6 Å². The van der Waals surface area contributed by atoms with Gasteiger partial charge in [-0.15, -0.1) is 0 Å². The first-order chi connectivity index (χ1) is 10.1. The Kier molecular flexibility index (Phi) is 5.12. The van der Waals surface area contributed by atoms with Crippen LogP contribution in [0.2, 0.25) is 0 Å². The van der Waals surface area contributed by atoms with E-state index in [-0.39, 0.29) is 19.3 Å². The molecule has 1 spiro atoms. The number of ether oxygens (including phenoxy) is 2. The molecular weight excluding hydrogens is 316 g/mol. The maximum Gasteiger partial charge on any atom is 0.276 e. The van der Waals surface area contributed by atoms with E-state index in [1.807, 2.05) is 0 Å². The molecule has 2 fully saturated rings. The average Bonchev–Trinajstić information content (AvgIpc) is 2.90. The van der Waals surface area contributed by atoms with Crippen LogP contribution in [0.4, 0.5) is 8.78 Å². The van der Waals surface area contributed by atoms with Crippen LogP contribution >= 0.6 is 0 Å². The molecule has 1 heterocycles. The molecule has 1 atom stereocenters. The van der Waals surface area contributed by atoms with Gasteiger partial charge in [0.05, 0.1) is 13.2 Å². The van der Waals surface area contributed by atoms with Gasteiger partial charge in [0.25, 0.3) is 5.92 Å². The van der Waals surface area contributed by atoms with Crippen molar-refractivity contribution in [3.63, 3.8) is 0 Å². The molecule has 0 aromatic rings. The predicted octanol–water partition coefficient (Wildman–Crippen LogP) is 1.71. The summed E-state index contributed by atoms with van der Waals surface area (Å²) in [5.74, 6) is -4.02. The van der Waals surface area contributed by atoms with Gasteiger partial charge in [-0.2, -0.15) is 5.14 Å². The molecule has 0 bridgehead atoms. The van der Waals surface area contributed by atoms with Crippen LogP contribution in [0.1, 0.15) is 46.0 Å². The molecule has 2 rings (SSSR count). The van der Waals surface area contributed by atoms with E-state index >= 15 is 0 Å². The molecule has 0 aromatic heterocycles. The van der Waals surface area contributed by atoms with Crippen molar-refractivity contribution in [1.82, 2.24) is 0 Å². The standard InChI is InChI=1S/C14H25F2NO4S/c1-11(2,22(17)19)9-12(14(15,16)10-18)3-5-13(6-4-12)20-7-8-21-13/h18H,3-10,17H2,1-2H3. The van der Waals surface area contributed by atoms with Crippen LogP contribution in [0.3, 0.4) is 0 Å². The van der Waals surface area contributed by atoms with E-state index in [0.29, 0.717) is 26.1 Å². The molecule has 0 amide bonds. The second kappa shape index (κ2) is 6.14. The lowest BCUT2D eigenvalue weighted by Gasteiger charge is -2.49. The van der Waals surface area contributed by atoms with Crippen LogP contribution in [-0.2, 0) is 20.8 Å². The second-order valence-corrected chi connectivity index (χ2v) is 8.68. The summed E-state index contributed by atoms with van der Waals surface area (Å²) in [6.07, 6.45) is 0.945. The third kappa shape index (κ3) is 3.27. The zero-order valence-electron chi connectivity index (χ0n) is 13.1. The van der Waals surface area contributed by atoms with Gasteiger partial charge in [0.15, 0.2) is 5.79 Å². The molecule has 0 aromatic carbocycles. The summed E-state index contributed by atoms with van der Waals surface area (Å²) in [4.78, 5) is 0. The normalized spacial score (nSPS) is 26.3. The Morgan fingerprint density at radius 1 is 1.18 bits per heavy atom. The van der Waals surface area contributed by atoms with Crippen LogP contribution in [0.15, 0.2) is 0 Å². The Morgan fingerprint density at radius 2 is 1.68 bits per heavy atom. The second-order valence-electron chi connectivity index (χ2n) is 6.98. The number of nitrogens with two attached hydrogens (primary N) is 1. The molecule has 3 N–H and O–H groups in total. The number of alkyl halides is 2. The van der Waals surface area contributed by atoms with Gasteiger partial charge in [-0.3, -0.25) is 0 Å². The fraction of sp³-hybridized carbons (Fsp3) is 1.00. The van der Waals surface area contributed by atoms with Crippen LogP contribution in [0.5, 0.6) is 0 Å². The van der Waals surface area contributed by atoms with Crippen molar-refractivity contribution in [3.8, 4) is 0 Å². The molecule has 22 heavy (non-hydrogen) atoms. The number of rotatable bonds is 5. The number of aliphatic hydroxyl groups is 1. The molecule has 0 radical (unpaired) electrons. The highest BCUT2D eigenvalue weighted by atomic mass is 32.2. The third-order valence-corrected chi connectivity index (χ3v) is 6.30. The number of aliphatic hydroxyl groups excluding tert-OH is 1. The maximum atomic E-state index is 14.5. The maximum absolute atomic E-state index is 14.5. The van der Waals surface area contributed by atoms with Crippen molar-refractivity contribution in [3.05, 3.63) is 0 Å². The van der Waals surface area contributed by atoms with Gasteiger partial charge in [0, 0.05) is 36.0 Å². The summed E-state index contributed by atoms with van der Waals surface area (Å²) >= 11 is -1.73. The monoisotopic (exact) mass is 341 g/mol. The van der Waals surface area contributed by atoms with Crippen LogP contribution in [0, 0.1) is 5.41 Å². The largest absolute Gasteiger partial charge is 0.598 e. The zero-order chi connectivity index (χ0) is 16.6. The Labute approximate surface area is 132 Å². The first kappa shape index (κ1) is 18.4. The lowest BCUT2D eigenvalue weighted by molar-refractivity contribution is -0.234. The molecule has 1 saturated heterocycles. The molecule has 8 heteroatoms. The van der Waals surface area contributed by atoms with Crippen molar-refractivity contribution in [2.24, 2.45) is 10.6 Å². The highest BCUT2D eigenvalue weighted by Gasteiger charge is 2.60. The van der Waals surface area contributed by atoms with Crippen LogP contribution in [-0.4, -0.2) is 45.9 Å². The summed E-state index contributed by atoms with van der Waals surface area (Å²) < 4.78 is 50.9. The lowest BCUT2D eigenvalue weighted by Crippen LogP contribution is -2.55. The summed E-state index contributed by atoms with van der Waals surface area (Å²) in [7, 11) is 0. The lowest BCUT2D eigenvalue weighted by atomic mass is 9.64. The van der Waals surface area contributed by atoms with Crippen molar-refractivity contribution in [2.75, 3.05) is 19.8 Å². The quantitative estimate of drug-likeness (QED) is 0.743. The fourth-order valence-corrected chi connectivity index (χ4v) is 4.04. The highest BCUT2D eigenvalue weighted by molar-refractivity contribution is 7.90. The van der Waals surface area contributed by atoms with Crippen molar-refractivity contribution in [1.29, 1.82) is 0 Å². The Bertz CT molecular complexity index is 390. The smallest absolute Gasteiger partial charge is 0.276 e. The number of hydrogen-bond acceptors (Lipinski definition) is 5.